The lowest BCUT2D eigenvalue weighted by atomic mass is 9.99. The van der Waals surface area contributed by atoms with E-state index in [1.54, 1.807) is 24.0 Å². The van der Waals surface area contributed by atoms with E-state index in [2.05, 4.69) is 29.8 Å². The van der Waals surface area contributed by atoms with E-state index in [1.165, 1.54) is 0 Å². The fraction of sp³-hybridized carbons (Fsp3) is 0.531. The van der Waals surface area contributed by atoms with Crippen molar-refractivity contribution >= 4 is 17.8 Å². The van der Waals surface area contributed by atoms with Crippen LogP contribution in [0.3, 0.4) is 0 Å². The van der Waals surface area contributed by atoms with Crippen LogP contribution in [0, 0.1) is 11.8 Å². The first-order valence-electron chi connectivity index (χ1n) is 14.4. The second-order valence-electron chi connectivity index (χ2n) is 12.0. The molecule has 2 rings (SSSR count). The summed E-state index contributed by atoms with van der Waals surface area (Å²) in [7, 11) is 0. The summed E-state index contributed by atoms with van der Waals surface area (Å²) in [5, 5.41) is 20.0. The lowest BCUT2D eigenvalue weighted by Crippen LogP contribution is -2.55. The molecule has 226 valence electrons. The van der Waals surface area contributed by atoms with Crippen molar-refractivity contribution in [3.05, 3.63) is 66.2 Å². The highest BCUT2D eigenvalue weighted by molar-refractivity contribution is 5.81. The summed E-state index contributed by atoms with van der Waals surface area (Å²) < 4.78 is 5.46. The van der Waals surface area contributed by atoms with Crippen LogP contribution in [0.5, 0.6) is 5.75 Å². The van der Waals surface area contributed by atoms with Crippen molar-refractivity contribution in [3.63, 3.8) is 0 Å². The van der Waals surface area contributed by atoms with E-state index in [0.29, 0.717) is 24.6 Å². The molecule has 3 atom stereocenters. The highest BCUT2D eigenvalue weighted by Crippen LogP contribution is 2.12. The molecule has 2 unspecified atom stereocenters. The molecule has 0 radical (unpaired) electrons. The van der Waals surface area contributed by atoms with Gasteiger partial charge in [-0.25, -0.2) is 4.79 Å². The fourth-order valence-electron chi connectivity index (χ4n) is 4.00. The maximum Gasteiger partial charge on any atom is 0.317 e. The van der Waals surface area contributed by atoms with Crippen molar-refractivity contribution in [2.45, 2.75) is 72.1 Å². The average molecular weight is 569 g/mol. The maximum absolute atomic E-state index is 13.2. The highest BCUT2D eigenvalue weighted by atomic mass is 16.5. The first-order valence-corrected chi connectivity index (χ1v) is 14.4. The number of nitrogens with zero attached hydrogens (tertiary/aromatic N) is 1. The van der Waals surface area contributed by atoms with Gasteiger partial charge in [0.05, 0.1) is 24.6 Å². The summed E-state index contributed by atoms with van der Waals surface area (Å²) in [5.74, 6) is -0.222. The van der Waals surface area contributed by atoms with E-state index in [9.17, 15) is 19.5 Å². The van der Waals surface area contributed by atoms with Crippen molar-refractivity contribution in [2.75, 3.05) is 26.2 Å². The van der Waals surface area contributed by atoms with Gasteiger partial charge >= 0.3 is 6.03 Å². The summed E-state index contributed by atoms with van der Waals surface area (Å²) in [6, 6.07) is 17.7. The second-order valence-corrected chi connectivity index (χ2v) is 12.0. The zero-order valence-electron chi connectivity index (χ0n) is 25.4. The monoisotopic (exact) mass is 568 g/mol. The molecule has 0 aliphatic rings. The zero-order chi connectivity index (χ0) is 30.4. The van der Waals surface area contributed by atoms with E-state index >= 15 is 0 Å². The Labute approximate surface area is 245 Å². The van der Waals surface area contributed by atoms with Crippen LogP contribution in [0.2, 0.25) is 0 Å². The molecule has 0 fully saturated rings. The molecule has 4 amide bonds. The van der Waals surface area contributed by atoms with Crippen LogP contribution in [-0.4, -0.2) is 71.8 Å². The SMILES string of the molecule is CC(C)CCN(CC(O)[C@H](Cc1ccccc1)NC(=O)C(C)CNC(=O)COc1ccccc1)C(=O)NC(C)(C)C. The molecule has 0 aromatic heterocycles. The van der Waals surface area contributed by atoms with Gasteiger partial charge in [0.2, 0.25) is 5.91 Å². The third-order valence-corrected chi connectivity index (χ3v) is 6.41. The van der Waals surface area contributed by atoms with Crippen molar-refractivity contribution in [1.29, 1.82) is 0 Å². The Kier molecular flexibility index (Phi) is 13.6. The molecule has 0 aliphatic heterocycles. The largest absolute Gasteiger partial charge is 0.484 e. The van der Waals surface area contributed by atoms with Gasteiger partial charge < -0.3 is 30.7 Å². The second kappa shape index (κ2) is 16.6. The summed E-state index contributed by atoms with van der Waals surface area (Å²) in [4.78, 5) is 40.1. The fourth-order valence-corrected chi connectivity index (χ4v) is 4.00. The molecule has 2 aromatic carbocycles. The molecule has 0 saturated heterocycles. The third kappa shape index (κ3) is 13.5. The van der Waals surface area contributed by atoms with Gasteiger partial charge in [-0.05, 0) is 57.2 Å². The van der Waals surface area contributed by atoms with Gasteiger partial charge in [0.1, 0.15) is 5.75 Å². The molecule has 41 heavy (non-hydrogen) atoms. The number of para-hydroxylation sites is 1. The lowest BCUT2D eigenvalue weighted by molar-refractivity contribution is -0.127. The number of hydrogen-bond acceptors (Lipinski definition) is 5. The van der Waals surface area contributed by atoms with E-state index in [1.807, 2.05) is 69.3 Å². The standard InChI is InChI=1S/C32H48N4O5/c1-23(2)17-18-36(31(40)35-32(4,5)6)21-28(37)27(19-25-13-9-7-10-14-25)34-30(39)24(3)20-33-29(38)22-41-26-15-11-8-12-16-26/h7-16,23-24,27-28,37H,17-22H2,1-6H3,(H,33,38)(H,34,39)(H,35,40)/t24?,27-,28?/m0/s1. The molecule has 2 aromatic rings. The molecule has 0 spiro atoms. The number of benzene rings is 2. The minimum atomic E-state index is -1.02. The molecule has 0 saturated carbocycles. The van der Waals surface area contributed by atoms with Gasteiger partial charge in [-0.3, -0.25) is 9.59 Å². The number of rotatable bonds is 15. The number of amides is 4. The topological polar surface area (TPSA) is 120 Å². The zero-order valence-corrected chi connectivity index (χ0v) is 25.4. The predicted octanol–water partition coefficient (Wildman–Crippen LogP) is 3.76. The number of ether oxygens (including phenoxy) is 1. The van der Waals surface area contributed by atoms with E-state index < -0.39 is 23.6 Å². The minimum absolute atomic E-state index is 0.0638. The molecular formula is C32H48N4O5. The molecule has 0 heterocycles. The number of aliphatic hydroxyl groups is 1. The van der Waals surface area contributed by atoms with Crippen LogP contribution in [0.4, 0.5) is 4.79 Å². The summed E-state index contributed by atoms with van der Waals surface area (Å²) in [6.07, 6.45) is 0.152. The molecule has 0 bridgehead atoms. The summed E-state index contributed by atoms with van der Waals surface area (Å²) >= 11 is 0. The highest BCUT2D eigenvalue weighted by Gasteiger charge is 2.29. The van der Waals surface area contributed by atoms with Crippen molar-refractivity contribution in [3.8, 4) is 5.75 Å². The van der Waals surface area contributed by atoms with E-state index in [0.717, 1.165) is 12.0 Å². The Morgan fingerprint density at radius 1 is 0.951 bits per heavy atom. The third-order valence-electron chi connectivity index (χ3n) is 6.41. The number of carbonyl (C=O) groups excluding carboxylic acids is 3. The Morgan fingerprint density at radius 3 is 2.15 bits per heavy atom. The number of urea groups is 1. The van der Waals surface area contributed by atoms with Crippen molar-refractivity contribution < 1.29 is 24.2 Å². The van der Waals surface area contributed by atoms with Gasteiger partial charge in [0.25, 0.3) is 5.91 Å². The molecule has 9 nitrogen and oxygen atoms in total. The molecular weight excluding hydrogens is 520 g/mol. The number of aliphatic hydroxyl groups excluding tert-OH is 1. The lowest BCUT2D eigenvalue weighted by Gasteiger charge is -2.33. The van der Waals surface area contributed by atoms with E-state index in [-0.39, 0.29) is 37.5 Å². The van der Waals surface area contributed by atoms with Crippen LogP contribution >= 0.6 is 0 Å². The predicted molar refractivity (Wildman–Crippen MR) is 162 cm³/mol. The van der Waals surface area contributed by atoms with Crippen LogP contribution in [0.15, 0.2) is 60.7 Å². The first-order chi connectivity index (χ1) is 19.3. The molecule has 0 aliphatic carbocycles. The van der Waals surface area contributed by atoms with Crippen molar-refractivity contribution in [1.82, 2.24) is 20.9 Å². The average Bonchev–Trinajstić information content (AvgIpc) is 2.92. The Balaban J connectivity index is 2.05. The maximum atomic E-state index is 13.2. The number of carbonyl (C=O) groups is 3. The Morgan fingerprint density at radius 2 is 1.56 bits per heavy atom. The van der Waals surface area contributed by atoms with Gasteiger partial charge in [-0.2, -0.15) is 0 Å². The smallest absolute Gasteiger partial charge is 0.317 e. The van der Waals surface area contributed by atoms with Crippen LogP contribution < -0.4 is 20.7 Å². The van der Waals surface area contributed by atoms with Crippen LogP contribution in [0.1, 0.15) is 53.5 Å². The summed E-state index contributed by atoms with van der Waals surface area (Å²) in [5.41, 5.74) is 0.519. The van der Waals surface area contributed by atoms with Gasteiger partial charge in [-0.15, -0.1) is 0 Å². The van der Waals surface area contributed by atoms with Crippen LogP contribution in [0.25, 0.3) is 0 Å². The quantitative estimate of drug-likeness (QED) is 0.261. The molecule has 9 heteroatoms. The Bertz CT molecular complexity index is 1070. The van der Waals surface area contributed by atoms with Crippen LogP contribution in [-0.2, 0) is 16.0 Å². The number of hydrogen-bond donors (Lipinski definition) is 4. The van der Waals surface area contributed by atoms with E-state index in [4.69, 9.17) is 4.74 Å². The normalized spacial score (nSPS) is 13.6. The van der Waals surface area contributed by atoms with Gasteiger partial charge in [0.15, 0.2) is 6.61 Å². The minimum Gasteiger partial charge on any atom is -0.484 e. The van der Waals surface area contributed by atoms with Gasteiger partial charge in [0, 0.05) is 18.6 Å². The number of nitrogens with one attached hydrogen (secondary N) is 3. The van der Waals surface area contributed by atoms with Crippen molar-refractivity contribution in [2.24, 2.45) is 11.8 Å². The van der Waals surface area contributed by atoms with Gasteiger partial charge in [-0.1, -0.05) is 69.3 Å². The first kappa shape index (κ1) is 33.6. The Hall–Kier alpha value is -3.59. The molecule has 4 N–H and O–H groups in total. The summed E-state index contributed by atoms with van der Waals surface area (Å²) in [6.45, 7) is 12.1.